The molecular formula is C21H22N4O. The lowest BCUT2D eigenvalue weighted by molar-refractivity contribution is 0.0952. The number of rotatable bonds is 7. The molecular weight excluding hydrogens is 324 g/mol. The van der Waals surface area contributed by atoms with Crippen LogP contribution in [0, 0.1) is 6.92 Å². The molecule has 3 aromatic rings. The van der Waals surface area contributed by atoms with Gasteiger partial charge in [0, 0.05) is 24.6 Å². The fraction of sp³-hybridized carbons (Fsp3) is 0.190. The number of nitrogens with zero attached hydrogens (tertiary/aromatic N) is 2. The van der Waals surface area contributed by atoms with Crippen LogP contribution in [-0.4, -0.2) is 22.4 Å². The SMILES string of the molecule is Cc1cccc(Nc2ncc(C(=O)NCCCc3ccccc3)cn2)c1. The van der Waals surface area contributed by atoms with Gasteiger partial charge in [0.25, 0.3) is 5.91 Å². The van der Waals surface area contributed by atoms with Gasteiger partial charge in [0.05, 0.1) is 5.56 Å². The quantitative estimate of drug-likeness (QED) is 0.637. The molecule has 1 amide bonds. The average molecular weight is 346 g/mol. The summed E-state index contributed by atoms with van der Waals surface area (Å²) >= 11 is 0. The van der Waals surface area contributed by atoms with Crippen molar-refractivity contribution in [1.82, 2.24) is 15.3 Å². The molecule has 0 unspecified atom stereocenters. The summed E-state index contributed by atoms with van der Waals surface area (Å²) in [6.07, 6.45) is 4.91. The second-order valence-corrected chi connectivity index (χ2v) is 6.13. The fourth-order valence-electron chi connectivity index (χ4n) is 2.60. The summed E-state index contributed by atoms with van der Waals surface area (Å²) in [7, 11) is 0. The Balaban J connectivity index is 1.47. The van der Waals surface area contributed by atoms with Crippen molar-refractivity contribution < 1.29 is 4.79 Å². The van der Waals surface area contributed by atoms with Crippen molar-refractivity contribution in [1.29, 1.82) is 0 Å². The maximum Gasteiger partial charge on any atom is 0.254 e. The van der Waals surface area contributed by atoms with Crippen LogP contribution >= 0.6 is 0 Å². The molecule has 1 heterocycles. The zero-order chi connectivity index (χ0) is 18.2. The Morgan fingerprint density at radius 3 is 2.50 bits per heavy atom. The zero-order valence-corrected chi connectivity index (χ0v) is 14.8. The van der Waals surface area contributed by atoms with Crippen molar-refractivity contribution in [2.75, 3.05) is 11.9 Å². The largest absolute Gasteiger partial charge is 0.352 e. The minimum absolute atomic E-state index is 0.153. The van der Waals surface area contributed by atoms with Crippen LogP contribution in [0.2, 0.25) is 0 Å². The van der Waals surface area contributed by atoms with Gasteiger partial charge in [-0.15, -0.1) is 0 Å². The van der Waals surface area contributed by atoms with Crippen molar-refractivity contribution in [3.05, 3.63) is 83.7 Å². The van der Waals surface area contributed by atoms with Gasteiger partial charge in [0.1, 0.15) is 0 Å². The number of benzene rings is 2. The third-order valence-corrected chi connectivity index (χ3v) is 3.96. The predicted octanol–water partition coefficient (Wildman–Crippen LogP) is 3.89. The van der Waals surface area contributed by atoms with E-state index in [4.69, 9.17) is 0 Å². The second kappa shape index (κ2) is 8.76. The first-order chi connectivity index (χ1) is 12.7. The number of hydrogen-bond acceptors (Lipinski definition) is 4. The molecule has 1 aromatic heterocycles. The predicted molar refractivity (Wildman–Crippen MR) is 104 cm³/mol. The van der Waals surface area contributed by atoms with Gasteiger partial charge >= 0.3 is 0 Å². The van der Waals surface area contributed by atoms with Crippen molar-refractivity contribution in [3.63, 3.8) is 0 Å². The molecule has 2 aromatic carbocycles. The monoisotopic (exact) mass is 346 g/mol. The van der Waals surface area contributed by atoms with Crippen molar-refractivity contribution >= 4 is 17.5 Å². The third-order valence-electron chi connectivity index (χ3n) is 3.96. The molecule has 3 rings (SSSR count). The molecule has 0 radical (unpaired) electrons. The summed E-state index contributed by atoms with van der Waals surface area (Å²) in [6.45, 7) is 2.65. The third kappa shape index (κ3) is 5.14. The maximum absolute atomic E-state index is 12.2. The summed E-state index contributed by atoms with van der Waals surface area (Å²) in [5.41, 5.74) is 3.81. The van der Waals surface area contributed by atoms with Crippen LogP contribution in [0.3, 0.4) is 0 Å². The van der Waals surface area contributed by atoms with Crippen molar-refractivity contribution in [2.24, 2.45) is 0 Å². The minimum atomic E-state index is -0.153. The summed E-state index contributed by atoms with van der Waals surface area (Å²) in [4.78, 5) is 20.6. The highest BCUT2D eigenvalue weighted by Crippen LogP contribution is 2.14. The Morgan fingerprint density at radius 1 is 1.00 bits per heavy atom. The van der Waals surface area contributed by atoms with Crippen LogP contribution in [0.5, 0.6) is 0 Å². The average Bonchev–Trinajstić information content (AvgIpc) is 2.66. The molecule has 5 nitrogen and oxygen atoms in total. The number of aromatic nitrogens is 2. The molecule has 0 atom stereocenters. The molecule has 26 heavy (non-hydrogen) atoms. The fourth-order valence-corrected chi connectivity index (χ4v) is 2.60. The second-order valence-electron chi connectivity index (χ2n) is 6.13. The normalized spacial score (nSPS) is 10.3. The molecule has 0 aliphatic rings. The van der Waals surface area contributed by atoms with E-state index in [9.17, 15) is 4.79 Å². The number of hydrogen-bond donors (Lipinski definition) is 2. The van der Waals surface area contributed by atoms with E-state index in [0.717, 1.165) is 24.1 Å². The van der Waals surface area contributed by atoms with E-state index in [-0.39, 0.29) is 5.91 Å². The van der Waals surface area contributed by atoms with E-state index < -0.39 is 0 Å². The number of carbonyl (C=O) groups excluding carboxylic acids is 1. The van der Waals surface area contributed by atoms with Crippen molar-refractivity contribution in [3.8, 4) is 0 Å². The molecule has 0 saturated carbocycles. The van der Waals surface area contributed by atoms with E-state index >= 15 is 0 Å². The topological polar surface area (TPSA) is 66.9 Å². The van der Waals surface area contributed by atoms with Crippen LogP contribution in [0.1, 0.15) is 27.9 Å². The van der Waals surface area contributed by atoms with Gasteiger partial charge < -0.3 is 10.6 Å². The number of aryl methyl sites for hydroxylation is 2. The Bertz CT molecular complexity index is 847. The van der Waals surface area contributed by atoms with E-state index in [1.807, 2.05) is 49.4 Å². The first-order valence-corrected chi connectivity index (χ1v) is 8.68. The van der Waals surface area contributed by atoms with Crippen LogP contribution < -0.4 is 10.6 Å². The van der Waals surface area contributed by atoms with E-state index in [1.54, 1.807) is 0 Å². The van der Waals surface area contributed by atoms with Crippen LogP contribution in [0.15, 0.2) is 67.0 Å². The molecule has 5 heteroatoms. The summed E-state index contributed by atoms with van der Waals surface area (Å²) in [5.74, 6) is 0.316. The molecule has 0 saturated heterocycles. The van der Waals surface area contributed by atoms with Crippen molar-refractivity contribution in [2.45, 2.75) is 19.8 Å². The molecule has 0 fully saturated rings. The molecule has 2 N–H and O–H groups in total. The van der Waals surface area contributed by atoms with Crippen LogP contribution in [-0.2, 0) is 6.42 Å². The lowest BCUT2D eigenvalue weighted by Gasteiger charge is -2.07. The molecule has 0 spiro atoms. The van der Waals surface area contributed by atoms with Gasteiger partial charge in [-0.3, -0.25) is 4.79 Å². The summed E-state index contributed by atoms with van der Waals surface area (Å²) in [6, 6.07) is 18.2. The highest BCUT2D eigenvalue weighted by molar-refractivity contribution is 5.93. The number of amides is 1. The summed E-state index contributed by atoms with van der Waals surface area (Å²) in [5, 5.41) is 6.03. The highest BCUT2D eigenvalue weighted by atomic mass is 16.1. The number of anilines is 2. The number of carbonyl (C=O) groups is 1. The smallest absolute Gasteiger partial charge is 0.254 e. The first kappa shape index (κ1) is 17.6. The maximum atomic E-state index is 12.2. The van der Waals surface area contributed by atoms with Gasteiger partial charge in [0.15, 0.2) is 0 Å². The Morgan fingerprint density at radius 2 is 1.77 bits per heavy atom. The standard InChI is InChI=1S/C21H22N4O/c1-16-7-5-11-19(13-16)25-21-23-14-18(15-24-21)20(26)22-12-6-10-17-8-3-2-4-9-17/h2-5,7-9,11,13-15H,6,10,12H2,1H3,(H,22,26)(H,23,24,25). The Kier molecular flexibility index (Phi) is 5.93. The molecule has 132 valence electrons. The molecule has 0 aliphatic carbocycles. The Hall–Kier alpha value is -3.21. The van der Waals surface area contributed by atoms with Crippen LogP contribution in [0.4, 0.5) is 11.6 Å². The van der Waals surface area contributed by atoms with E-state index in [1.165, 1.54) is 18.0 Å². The molecule has 0 bridgehead atoms. The number of nitrogens with one attached hydrogen (secondary N) is 2. The lowest BCUT2D eigenvalue weighted by Crippen LogP contribution is -2.25. The zero-order valence-electron chi connectivity index (χ0n) is 14.8. The van der Waals surface area contributed by atoms with Gasteiger partial charge in [-0.1, -0.05) is 42.5 Å². The lowest BCUT2D eigenvalue weighted by atomic mass is 10.1. The van der Waals surface area contributed by atoms with Crippen LogP contribution in [0.25, 0.3) is 0 Å². The van der Waals surface area contributed by atoms with Gasteiger partial charge in [-0.05, 0) is 43.0 Å². The van der Waals surface area contributed by atoms with Gasteiger partial charge in [-0.2, -0.15) is 0 Å². The molecule has 0 aliphatic heterocycles. The Labute approximate surface area is 153 Å². The minimum Gasteiger partial charge on any atom is -0.352 e. The van der Waals surface area contributed by atoms with Gasteiger partial charge in [-0.25, -0.2) is 9.97 Å². The highest BCUT2D eigenvalue weighted by Gasteiger charge is 2.07. The first-order valence-electron chi connectivity index (χ1n) is 8.68. The van der Waals surface area contributed by atoms with Gasteiger partial charge in [0.2, 0.25) is 5.95 Å². The summed E-state index contributed by atoms with van der Waals surface area (Å²) < 4.78 is 0. The van der Waals surface area contributed by atoms with E-state index in [0.29, 0.717) is 18.1 Å². The van der Waals surface area contributed by atoms with E-state index in [2.05, 4.69) is 32.7 Å².